The van der Waals surface area contributed by atoms with Crippen molar-refractivity contribution in [1.82, 2.24) is 4.98 Å². The Morgan fingerprint density at radius 3 is 2.85 bits per heavy atom. The summed E-state index contributed by atoms with van der Waals surface area (Å²) in [5, 5.41) is 2.72. The van der Waals surface area contributed by atoms with E-state index in [2.05, 4.69) is 11.6 Å². The predicted molar refractivity (Wildman–Crippen MR) is 57.8 cm³/mol. The summed E-state index contributed by atoms with van der Waals surface area (Å²) in [4.78, 5) is 4.19. The van der Waals surface area contributed by atoms with Crippen LogP contribution in [0.3, 0.4) is 0 Å². The van der Waals surface area contributed by atoms with E-state index in [9.17, 15) is 0 Å². The van der Waals surface area contributed by atoms with Crippen molar-refractivity contribution < 1.29 is 0 Å². The molecule has 1 aromatic heterocycles. The molecule has 1 rings (SSSR count). The van der Waals surface area contributed by atoms with E-state index in [0.29, 0.717) is 5.03 Å². The molecule has 0 saturated carbocycles. The lowest BCUT2D eigenvalue weighted by atomic mass is 10.2. The van der Waals surface area contributed by atoms with E-state index in [0.717, 1.165) is 16.1 Å². The highest BCUT2D eigenvalue weighted by Gasteiger charge is 1.90. The van der Waals surface area contributed by atoms with Crippen LogP contribution in [-0.4, -0.2) is 4.98 Å². The van der Waals surface area contributed by atoms with Crippen molar-refractivity contribution in [3.63, 3.8) is 0 Å². The van der Waals surface area contributed by atoms with Crippen LogP contribution < -0.4 is 10.4 Å². The summed E-state index contributed by atoms with van der Waals surface area (Å²) < 4.78 is 0. The van der Waals surface area contributed by atoms with Gasteiger partial charge >= 0.3 is 0 Å². The van der Waals surface area contributed by atoms with Crippen LogP contribution in [-0.2, 0) is 0 Å². The molecule has 0 aliphatic rings. The van der Waals surface area contributed by atoms with Gasteiger partial charge in [-0.05, 0) is 36.4 Å². The van der Waals surface area contributed by atoms with Gasteiger partial charge in [-0.25, -0.2) is 0 Å². The second-order valence-electron chi connectivity index (χ2n) is 2.78. The molecule has 68 valence electrons. The summed E-state index contributed by atoms with van der Waals surface area (Å²) >= 11 is 5.71. The third-order valence-electron chi connectivity index (χ3n) is 1.82. The van der Waals surface area contributed by atoms with Gasteiger partial charge in [0.25, 0.3) is 0 Å². The molecule has 1 aromatic rings. The largest absolute Gasteiger partial charge is 0.261 e. The fourth-order valence-electron chi connectivity index (χ4n) is 1.27. The smallest absolute Gasteiger partial charge is 0.0447 e. The fourth-order valence-corrected chi connectivity index (χ4v) is 1.39. The number of pyridine rings is 1. The van der Waals surface area contributed by atoms with Gasteiger partial charge in [-0.15, -0.1) is 0 Å². The molecule has 0 amide bonds. The van der Waals surface area contributed by atoms with Crippen molar-refractivity contribution in [1.29, 1.82) is 0 Å². The molecule has 0 radical (unpaired) electrons. The Hall–Kier alpha value is -1.08. The van der Waals surface area contributed by atoms with Crippen LogP contribution in [0.25, 0.3) is 12.2 Å². The molecule has 0 spiro atoms. The summed E-state index contributed by atoms with van der Waals surface area (Å²) in [6.07, 6.45) is 5.63. The summed E-state index contributed by atoms with van der Waals surface area (Å²) in [5.41, 5.74) is 1.01. The van der Waals surface area contributed by atoms with Gasteiger partial charge in [-0.2, -0.15) is 0 Å². The number of halogens is 1. The minimum absolute atomic E-state index is 0.536. The first kappa shape index (κ1) is 10.0. The molecule has 1 heterocycles. The van der Waals surface area contributed by atoms with Crippen LogP contribution in [0.2, 0.25) is 0 Å². The number of rotatable bonds is 1. The zero-order chi connectivity index (χ0) is 9.84. The quantitative estimate of drug-likeness (QED) is 0.662. The minimum atomic E-state index is 0.536. The third-order valence-corrected chi connectivity index (χ3v) is 1.93. The van der Waals surface area contributed by atoms with Crippen molar-refractivity contribution >= 4 is 23.8 Å². The van der Waals surface area contributed by atoms with E-state index < -0.39 is 0 Å². The Bertz CT molecular complexity index is 432. The first-order chi connectivity index (χ1) is 6.15. The normalized spacial score (nSPS) is 13.5. The highest BCUT2D eigenvalue weighted by molar-refractivity contribution is 6.33. The number of nitrogens with zero attached hydrogens (tertiary/aromatic N) is 1. The Labute approximate surface area is 83.1 Å². The lowest BCUT2D eigenvalue weighted by molar-refractivity contribution is 1.15. The van der Waals surface area contributed by atoms with Gasteiger partial charge in [0.05, 0.1) is 0 Å². The molecule has 0 aliphatic carbocycles. The highest BCUT2D eigenvalue weighted by Crippen LogP contribution is 1.95. The van der Waals surface area contributed by atoms with Crippen molar-refractivity contribution in [3.05, 3.63) is 40.0 Å². The van der Waals surface area contributed by atoms with E-state index in [1.165, 1.54) is 0 Å². The van der Waals surface area contributed by atoms with E-state index >= 15 is 0 Å². The van der Waals surface area contributed by atoms with Gasteiger partial charge in [0.2, 0.25) is 0 Å². The molecule has 0 N–H and O–H groups in total. The standard InChI is InChI=1S/C11H12ClN/c1-4-11-9(3)13-6-5-10(11)7-8(2)12/h4-7H,2H2,1,3H3/b10-7-,11-4-. The van der Waals surface area contributed by atoms with Gasteiger partial charge in [-0.1, -0.05) is 24.3 Å². The van der Waals surface area contributed by atoms with Crippen LogP contribution in [0.1, 0.15) is 12.6 Å². The Kier molecular flexibility index (Phi) is 3.26. The van der Waals surface area contributed by atoms with Gasteiger partial charge in [0, 0.05) is 16.9 Å². The van der Waals surface area contributed by atoms with Crippen LogP contribution in [0, 0.1) is 6.92 Å². The molecule has 0 aliphatic heterocycles. The van der Waals surface area contributed by atoms with E-state index in [1.54, 1.807) is 6.20 Å². The average molecular weight is 194 g/mol. The maximum Gasteiger partial charge on any atom is 0.0447 e. The first-order valence-electron chi connectivity index (χ1n) is 4.09. The number of hydrogen-bond donors (Lipinski definition) is 0. The summed E-state index contributed by atoms with van der Waals surface area (Å²) in [6, 6.07) is 1.93. The zero-order valence-electron chi connectivity index (χ0n) is 7.84. The van der Waals surface area contributed by atoms with Gasteiger partial charge in [0.1, 0.15) is 0 Å². The van der Waals surface area contributed by atoms with E-state index in [-0.39, 0.29) is 0 Å². The summed E-state index contributed by atoms with van der Waals surface area (Å²) in [7, 11) is 0. The molecule has 0 atom stereocenters. The van der Waals surface area contributed by atoms with Crippen molar-refractivity contribution in [3.8, 4) is 0 Å². The molecular weight excluding hydrogens is 182 g/mol. The molecule has 0 fully saturated rings. The Balaban J connectivity index is 3.57. The number of aryl methyl sites for hydroxylation is 1. The fraction of sp³-hybridized carbons (Fsp3) is 0.182. The lowest BCUT2D eigenvalue weighted by Crippen LogP contribution is -2.27. The second kappa shape index (κ2) is 4.24. The summed E-state index contributed by atoms with van der Waals surface area (Å²) in [5.74, 6) is 0. The van der Waals surface area contributed by atoms with Crippen LogP contribution in [0.5, 0.6) is 0 Å². The van der Waals surface area contributed by atoms with Crippen LogP contribution in [0.15, 0.2) is 23.9 Å². The third kappa shape index (κ3) is 2.43. The molecule has 1 nitrogen and oxygen atoms in total. The minimum Gasteiger partial charge on any atom is -0.261 e. The highest BCUT2D eigenvalue weighted by atomic mass is 35.5. The van der Waals surface area contributed by atoms with Gasteiger partial charge < -0.3 is 0 Å². The monoisotopic (exact) mass is 193 g/mol. The predicted octanol–water partition coefficient (Wildman–Crippen LogP) is 1.72. The summed E-state index contributed by atoms with van der Waals surface area (Å²) in [6.45, 7) is 7.59. The number of aromatic nitrogens is 1. The molecule has 0 saturated heterocycles. The van der Waals surface area contributed by atoms with E-state index in [1.807, 2.05) is 32.1 Å². The molecule has 0 unspecified atom stereocenters. The van der Waals surface area contributed by atoms with Crippen molar-refractivity contribution in [2.24, 2.45) is 0 Å². The van der Waals surface area contributed by atoms with Gasteiger partial charge in [-0.3, -0.25) is 4.98 Å². The Morgan fingerprint density at radius 2 is 2.31 bits per heavy atom. The second-order valence-corrected chi connectivity index (χ2v) is 3.26. The molecule has 2 heteroatoms. The van der Waals surface area contributed by atoms with Crippen molar-refractivity contribution in [2.75, 3.05) is 0 Å². The van der Waals surface area contributed by atoms with Crippen LogP contribution in [0.4, 0.5) is 0 Å². The first-order valence-corrected chi connectivity index (χ1v) is 4.47. The number of allylic oxidation sites excluding steroid dienone is 1. The Morgan fingerprint density at radius 1 is 1.62 bits per heavy atom. The molecule has 0 bridgehead atoms. The van der Waals surface area contributed by atoms with Gasteiger partial charge in [0.15, 0.2) is 0 Å². The van der Waals surface area contributed by atoms with E-state index in [4.69, 9.17) is 11.6 Å². The maximum atomic E-state index is 5.71. The zero-order valence-corrected chi connectivity index (χ0v) is 8.60. The molecule has 13 heavy (non-hydrogen) atoms. The average Bonchev–Trinajstić information content (AvgIpc) is 2.03. The lowest BCUT2D eigenvalue weighted by Gasteiger charge is -1.94. The van der Waals surface area contributed by atoms with Crippen LogP contribution >= 0.6 is 11.6 Å². The number of hydrogen-bond acceptors (Lipinski definition) is 1. The SMILES string of the molecule is C=C(Cl)/C=c1/ccnc(C)/c1=C/C. The van der Waals surface area contributed by atoms with Crippen molar-refractivity contribution in [2.45, 2.75) is 13.8 Å². The molecule has 0 aromatic carbocycles. The maximum absolute atomic E-state index is 5.71. The molecular formula is C11H12ClN. The topological polar surface area (TPSA) is 12.9 Å².